The largest absolute Gasteiger partial charge is 0.242 e. The Morgan fingerprint density at radius 1 is 0.344 bits per heavy atom. The van der Waals surface area contributed by atoms with E-state index in [2.05, 4.69) is 214 Å². The molecule has 61 heavy (non-hydrogen) atoms. The van der Waals surface area contributed by atoms with Gasteiger partial charge in [0.15, 0.2) is 0 Å². The fourth-order valence-corrected chi connectivity index (χ4v) is 12.2. The van der Waals surface area contributed by atoms with E-state index in [-0.39, 0.29) is 11.8 Å². The van der Waals surface area contributed by atoms with E-state index in [1.54, 1.807) is 0 Å². The summed E-state index contributed by atoms with van der Waals surface area (Å²) >= 11 is 9.41. The highest BCUT2D eigenvalue weighted by molar-refractivity contribution is 9.10. The number of nitrogens with zero attached hydrogens (tertiary/aromatic N) is 2. The Labute approximate surface area is 373 Å². The molecule has 2 heterocycles. The molecule has 0 amide bonds. The van der Waals surface area contributed by atoms with Crippen molar-refractivity contribution in [3.63, 3.8) is 0 Å². The molecule has 0 spiro atoms. The Bertz CT molecular complexity index is 3390. The topological polar surface area (TPSA) is 25.8 Å². The van der Waals surface area contributed by atoms with E-state index in [0.29, 0.717) is 0 Å². The normalized spacial score (nSPS) is 15.0. The number of rotatable bonds is 4. The first-order valence-electron chi connectivity index (χ1n) is 20.6. The third-order valence-electron chi connectivity index (χ3n) is 12.9. The Morgan fingerprint density at radius 2 is 0.754 bits per heavy atom. The van der Waals surface area contributed by atoms with Crippen molar-refractivity contribution in [1.29, 1.82) is 0 Å². The summed E-state index contributed by atoms with van der Waals surface area (Å²) in [6, 6.07) is 66.9. The zero-order chi connectivity index (χ0) is 40.3. The predicted octanol–water partition coefficient (Wildman–Crippen LogP) is 16.3. The minimum Gasteiger partial charge on any atom is -0.242 e. The summed E-state index contributed by atoms with van der Waals surface area (Å²) in [6.45, 7) is 0. The van der Waals surface area contributed by atoms with Crippen LogP contribution in [0.1, 0.15) is 45.2 Å². The molecular formula is C56H32Br2N2S. The van der Waals surface area contributed by atoms with E-state index in [1.165, 1.54) is 55.6 Å². The second-order valence-corrected chi connectivity index (χ2v) is 19.1. The maximum atomic E-state index is 5.74. The van der Waals surface area contributed by atoms with Crippen LogP contribution in [0.3, 0.4) is 0 Å². The molecule has 0 bridgehead atoms. The van der Waals surface area contributed by atoms with Gasteiger partial charge in [0.05, 0.1) is 20.8 Å². The standard InChI is InChI=1S/C56H32Br2N2S/c57-35-21-25-41-42-26-22-36(58)30-48(42)52-51(47(41)29-35)59-53-54(60-52)56(34-20-24-40-38-16-8-10-18-44(38)50(46(40)28-34)32-13-5-2-6-14-32)61-55(53)33-19-23-39-37-15-7-9-17-43(37)49(45(39)27-33)31-11-3-1-4-12-31/h1-30,49-50H. The van der Waals surface area contributed by atoms with Gasteiger partial charge >= 0.3 is 0 Å². The van der Waals surface area contributed by atoms with E-state index in [0.717, 1.165) is 73.4 Å². The van der Waals surface area contributed by atoms with E-state index < -0.39 is 0 Å². The van der Waals surface area contributed by atoms with Gasteiger partial charge in [-0.05, 0) is 114 Å². The van der Waals surface area contributed by atoms with Gasteiger partial charge in [-0.2, -0.15) is 0 Å². The van der Waals surface area contributed by atoms with Crippen LogP contribution in [-0.4, -0.2) is 9.97 Å². The van der Waals surface area contributed by atoms with Gasteiger partial charge in [0.25, 0.3) is 0 Å². The molecule has 0 N–H and O–H groups in total. The summed E-state index contributed by atoms with van der Waals surface area (Å²) in [7, 11) is 0. The molecule has 13 rings (SSSR count). The maximum Gasteiger partial charge on any atom is 0.109 e. The lowest BCUT2D eigenvalue weighted by Crippen LogP contribution is -1.99. The molecule has 0 aliphatic heterocycles. The van der Waals surface area contributed by atoms with Crippen LogP contribution in [0.4, 0.5) is 0 Å². The highest BCUT2D eigenvalue weighted by Crippen LogP contribution is 2.53. The number of hydrogen-bond acceptors (Lipinski definition) is 3. The molecule has 0 saturated carbocycles. The lowest BCUT2D eigenvalue weighted by molar-refractivity contribution is 1.02. The smallest absolute Gasteiger partial charge is 0.109 e. The van der Waals surface area contributed by atoms with Crippen molar-refractivity contribution >= 4 is 86.8 Å². The summed E-state index contributed by atoms with van der Waals surface area (Å²) in [5.41, 5.74) is 19.2. The molecule has 2 aliphatic rings. The Balaban J connectivity index is 1.10. The quantitative estimate of drug-likeness (QED) is 0.164. The SMILES string of the molecule is Brc1ccc2c3ccc(Br)cc3c3nc4c(-c5ccc6c(c5)C(c5ccccc5)c5ccccc5-6)sc(-c5ccc6c(c5)C(c5ccccc5)c5ccccc5-6)c4nc3c2c1. The molecule has 2 nitrogen and oxygen atoms in total. The van der Waals surface area contributed by atoms with Gasteiger partial charge in [-0.25, -0.2) is 9.97 Å². The molecule has 2 unspecified atom stereocenters. The summed E-state index contributed by atoms with van der Waals surface area (Å²) in [4.78, 5) is 13.7. The highest BCUT2D eigenvalue weighted by atomic mass is 79.9. The van der Waals surface area contributed by atoms with Gasteiger partial charge in [-0.1, -0.05) is 177 Å². The first-order chi connectivity index (χ1) is 30.1. The van der Waals surface area contributed by atoms with E-state index in [4.69, 9.17) is 9.97 Å². The van der Waals surface area contributed by atoms with Crippen LogP contribution in [0.2, 0.25) is 0 Å². The summed E-state index contributed by atoms with van der Waals surface area (Å²) < 4.78 is 2.03. The van der Waals surface area contributed by atoms with Crippen molar-refractivity contribution in [2.24, 2.45) is 0 Å². The molecule has 0 saturated heterocycles. The molecule has 9 aromatic carbocycles. The van der Waals surface area contributed by atoms with Gasteiger partial charge in [0.2, 0.25) is 0 Å². The zero-order valence-corrected chi connectivity index (χ0v) is 36.5. The highest BCUT2D eigenvalue weighted by Gasteiger charge is 2.33. The summed E-state index contributed by atoms with van der Waals surface area (Å²) in [5, 5.41) is 4.49. The molecule has 2 atom stereocenters. The van der Waals surface area contributed by atoms with Gasteiger partial charge in [0, 0.05) is 31.6 Å². The van der Waals surface area contributed by atoms with Crippen molar-refractivity contribution in [3.05, 3.63) is 224 Å². The minimum absolute atomic E-state index is 0.143. The third kappa shape index (κ3) is 5.37. The Kier molecular flexibility index (Phi) is 7.94. The van der Waals surface area contributed by atoms with Crippen molar-refractivity contribution in [2.75, 3.05) is 0 Å². The van der Waals surface area contributed by atoms with Crippen LogP contribution in [-0.2, 0) is 0 Å². The van der Waals surface area contributed by atoms with Crippen LogP contribution in [0.15, 0.2) is 191 Å². The second kappa shape index (κ2) is 13.6. The number of hydrogen-bond donors (Lipinski definition) is 0. The minimum atomic E-state index is 0.143. The Morgan fingerprint density at radius 3 is 1.21 bits per heavy atom. The molecule has 2 aliphatic carbocycles. The van der Waals surface area contributed by atoms with Gasteiger partial charge < -0.3 is 0 Å². The number of fused-ring (bicyclic) bond motifs is 13. The third-order valence-corrected chi connectivity index (χ3v) is 15.2. The van der Waals surface area contributed by atoms with Crippen LogP contribution in [0, 0.1) is 0 Å². The average molecular weight is 925 g/mol. The van der Waals surface area contributed by atoms with Crippen molar-refractivity contribution < 1.29 is 0 Å². The number of thiophene rings is 1. The van der Waals surface area contributed by atoms with Crippen LogP contribution in [0.5, 0.6) is 0 Å². The molecule has 0 radical (unpaired) electrons. The lowest BCUT2D eigenvalue weighted by Gasteiger charge is -2.15. The monoisotopic (exact) mass is 922 g/mol. The molecular weight excluding hydrogens is 893 g/mol. The Hall–Kier alpha value is -6.24. The van der Waals surface area contributed by atoms with Crippen LogP contribution >= 0.6 is 43.2 Å². The first kappa shape index (κ1) is 35.5. The van der Waals surface area contributed by atoms with Gasteiger partial charge in [-0.3, -0.25) is 0 Å². The van der Waals surface area contributed by atoms with Crippen molar-refractivity contribution in [2.45, 2.75) is 11.8 Å². The molecule has 0 fully saturated rings. The lowest BCUT2D eigenvalue weighted by atomic mass is 9.88. The fraction of sp³-hybridized carbons (Fsp3) is 0.0357. The predicted molar refractivity (Wildman–Crippen MR) is 262 cm³/mol. The first-order valence-corrected chi connectivity index (χ1v) is 23.0. The van der Waals surface area contributed by atoms with Gasteiger partial charge in [0.1, 0.15) is 11.0 Å². The summed E-state index contributed by atoms with van der Waals surface area (Å²) in [6.07, 6.45) is 0. The van der Waals surface area contributed by atoms with E-state index in [9.17, 15) is 0 Å². The number of benzene rings is 9. The maximum absolute atomic E-state index is 5.74. The van der Waals surface area contributed by atoms with Crippen LogP contribution < -0.4 is 0 Å². The molecule has 286 valence electrons. The molecule has 11 aromatic rings. The fourth-order valence-electron chi connectivity index (χ4n) is 10.3. The number of aromatic nitrogens is 2. The summed E-state index contributed by atoms with van der Waals surface area (Å²) in [5.74, 6) is 0.286. The van der Waals surface area contributed by atoms with Gasteiger partial charge in [-0.15, -0.1) is 11.3 Å². The van der Waals surface area contributed by atoms with Crippen molar-refractivity contribution in [1.82, 2.24) is 9.97 Å². The average Bonchev–Trinajstić information content (AvgIpc) is 3.96. The number of halogens is 2. The van der Waals surface area contributed by atoms with Crippen molar-refractivity contribution in [3.8, 4) is 43.1 Å². The molecule has 5 heteroatoms. The van der Waals surface area contributed by atoms with E-state index >= 15 is 0 Å². The second-order valence-electron chi connectivity index (χ2n) is 16.2. The van der Waals surface area contributed by atoms with Crippen LogP contribution in [0.25, 0.3) is 86.7 Å². The zero-order valence-electron chi connectivity index (χ0n) is 32.5. The van der Waals surface area contributed by atoms with E-state index in [1.807, 2.05) is 11.3 Å². The molecule has 2 aromatic heterocycles.